The zero-order valence-electron chi connectivity index (χ0n) is 13.6. The molecule has 8 nitrogen and oxygen atoms in total. The number of nitro groups is 1. The summed E-state index contributed by atoms with van der Waals surface area (Å²) in [5.74, 6) is -1.96. The molecular weight excluding hydrogens is 316 g/mol. The molecule has 130 valence electrons. The van der Waals surface area contributed by atoms with Crippen molar-refractivity contribution in [2.24, 2.45) is 11.8 Å². The van der Waals surface area contributed by atoms with Gasteiger partial charge in [-0.3, -0.25) is 14.9 Å². The maximum atomic E-state index is 12.0. The van der Waals surface area contributed by atoms with Crippen molar-refractivity contribution in [1.82, 2.24) is 0 Å². The molecule has 0 amide bonds. The van der Waals surface area contributed by atoms with E-state index in [4.69, 9.17) is 4.74 Å². The van der Waals surface area contributed by atoms with E-state index in [1.165, 1.54) is 18.2 Å². The summed E-state index contributed by atoms with van der Waals surface area (Å²) in [6.45, 7) is 4.63. The number of esters is 1. The number of hydrogen-bond acceptors (Lipinski definition) is 6. The molecule has 1 aliphatic rings. The second-order valence-electron chi connectivity index (χ2n) is 5.96. The number of aliphatic carboxylic acids is 1. The quantitative estimate of drug-likeness (QED) is 0.499. The number of carbonyl (C=O) groups is 2. The highest BCUT2D eigenvalue weighted by Crippen LogP contribution is 2.30. The molecule has 0 saturated carbocycles. The number of carbonyl (C=O) groups excluding carboxylic acids is 1. The number of carboxylic acid groups (broad SMARTS) is 1. The van der Waals surface area contributed by atoms with Gasteiger partial charge in [0.1, 0.15) is 5.56 Å². The average Bonchev–Trinajstić information content (AvgIpc) is 2.53. The van der Waals surface area contributed by atoms with Crippen molar-refractivity contribution in [3.05, 3.63) is 33.9 Å². The molecule has 0 bridgehead atoms. The van der Waals surface area contributed by atoms with Crippen LogP contribution in [0.2, 0.25) is 0 Å². The van der Waals surface area contributed by atoms with Crippen LogP contribution < -0.4 is 4.90 Å². The molecule has 2 rings (SSSR count). The lowest BCUT2D eigenvalue weighted by atomic mass is 9.90. The average molecular weight is 336 g/mol. The number of nitro benzene ring substituents is 1. The predicted molar refractivity (Wildman–Crippen MR) is 86.2 cm³/mol. The van der Waals surface area contributed by atoms with E-state index >= 15 is 0 Å². The van der Waals surface area contributed by atoms with Crippen LogP contribution in [-0.4, -0.2) is 41.7 Å². The zero-order valence-corrected chi connectivity index (χ0v) is 13.6. The lowest BCUT2D eigenvalue weighted by Crippen LogP contribution is -2.42. The van der Waals surface area contributed by atoms with E-state index in [2.05, 4.69) is 0 Å². The first-order chi connectivity index (χ1) is 11.3. The summed E-state index contributed by atoms with van der Waals surface area (Å²) in [7, 11) is 0. The molecule has 0 aromatic heterocycles. The molecule has 2 atom stereocenters. The third kappa shape index (κ3) is 3.81. The van der Waals surface area contributed by atoms with Crippen LogP contribution in [0.4, 0.5) is 11.4 Å². The first-order valence-electron chi connectivity index (χ1n) is 7.76. The van der Waals surface area contributed by atoms with Crippen LogP contribution in [0.1, 0.15) is 30.6 Å². The molecule has 24 heavy (non-hydrogen) atoms. The van der Waals surface area contributed by atoms with E-state index in [1.54, 1.807) is 6.92 Å². The number of carboxylic acids is 1. The van der Waals surface area contributed by atoms with Crippen LogP contribution in [0.15, 0.2) is 18.2 Å². The maximum Gasteiger partial charge on any atom is 0.345 e. The van der Waals surface area contributed by atoms with Gasteiger partial charge in [-0.05, 0) is 31.4 Å². The topological polar surface area (TPSA) is 110 Å². The van der Waals surface area contributed by atoms with Crippen LogP contribution in [-0.2, 0) is 9.53 Å². The van der Waals surface area contributed by atoms with E-state index < -0.39 is 22.8 Å². The predicted octanol–water partition coefficient (Wildman–Crippen LogP) is 2.32. The van der Waals surface area contributed by atoms with Gasteiger partial charge < -0.3 is 14.7 Å². The smallest absolute Gasteiger partial charge is 0.345 e. The highest BCUT2D eigenvalue weighted by atomic mass is 16.6. The van der Waals surface area contributed by atoms with Gasteiger partial charge in [-0.1, -0.05) is 6.92 Å². The Morgan fingerprint density at radius 2 is 2.12 bits per heavy atom. The molecule has 0 radical (unpaired) electrons. The second-order valence-corrected chi connectivity index (χ2v) is 5.96. The molecule has 2 unspecified atom stereocenters. The summed E-state index contributed by atoms with van der Waals surface area (Å²) >= 11 is 0. The molecule has 1 fully saturated rings. The number of anilines is 1. The first kappa shape index (κ1) is 17.7. The summed E-state index contributed by atoms with van der Waals surface area (Å²) in [6, 6.07) is 4.21. The Labute approximate surface area is 139 Å². The largest absolute Gasteiger partial charge is 0.481 e. The third-order valence-corrected chi connectivity index (χ3v) is 4.05. The second kappa shape index (κ2) is 7.29. The van der Waals surface area contributed by atoms with Crippen LogP contribution in [0, 0.1) is 22.0 Å². The van der Waals surface area contributed by atoms with Gasteiger partial charge in [-0.2, -0.15) is 0 Å². The van der Waals surface area contributed by atoms with Gasteiger partial charge in [0.2, 0.25) is 0 Å². The molecule has 0 aliphatic carbocycles. The van der Waals surface area contributed by atoms with Gasteiger partial charge in [-0.15, -0.1) is 0 Å². The molecule has 0 spiro atoms. The minimum atomic E-state index is -0.862. The fraction of sp³-hybridized carbons (Fsp3) is 0.500. The highest BCUT2D eigenvalue weighted by molar-refractivity contribution is 5.95. The van der Waals surface area contributed by atoms with Crippen molar-refractivity contribution in [1.29, 1.82) is 0 Å². The number of hydrogen-bond donors (Lipinski definition) is 1. The van der Waals surface area contributed by atoms with E-state index in [-0.39, 0.29) is 23.8 Å². The normalized spacial score (nSPS) is 20.5. The van der Waals surface area contributed by atoms with Gasteiger partial charge in [0.05, 0.1) is 17.4 Å². The Bertz CT molecular complexity index is 660. The summed E-state index contributed by atoms with van der Waals surface area (Å²) in [4.78, 5) is 35.6. The number of rotatable bonds is 5. The summed E-state index contributed by atoms with van der Waals surface area (Å²) in [6.07, 6.45) is 0.587. The number of ether oxygens (including phenoxy) is 1. The van der Waals surface area contributed by atoms with Crippen molar-refractivity contribution in [2.45, 2.75) is 20.3 Å². The Morgan fingerprint density at radius 3 is 2.71 bits per heavy atom. The van der Waals surface area contributed by atoms with E-state index in [0.29, 0.717) is 25.2 Å². The lowest BCUT2D eigenvalue weighted by molar-refractivity contribution is -0.385. The van der Waals surface area contributed by atoms with Crippen molar-refractivity contribution < 1.29 is 24.4 Å². The first-order valence-corrected chi connectivity index (χ1v) is 7.76. The van der Waals surface area contributed by atoms with Crippen molar-refractivity contribution in [3.8, 4) is 0 Å². The molecule has 8 heteroatoms. The minimum Gasteiger partial charge on any atom is -0.481 e. The standard InChI is InChI=1S/C16H20N2O6/c1-3-24-16(21)13-7-12(4-5-14(13)18(22)23)17-8-10(2)6-11(9-17)15(19)20/h4-5,7,10-11H,3,6,8-9H2,1-2H3,(H,19,20). The lowest BCUT2D eigenvalue weighted by Gasteiger charge is -2.36. The Morgan fingerprint density at radius 1 is 1.42 bits per heavy atom. The number of benzene rings is 1. The Balaban J connectivity index is 2.36. The SMILES string of the molecule is CCOC(=O)c1cc(N2CC(C)CC(C(=O)O)C2)ccc1[N+](=O)[O-]. The van der Waals surface area contributed by atoms with Crippen molar-refractivity contribution in [3.63, 3.8) is 0 Å². The molecule has 1 saturated heterocycles. The Kier molecular flexibility index (Phi) is 5.38. The monoisotopic (exact) mass is 336 g/mol. The molecular formula is C16H20N2O6. The van der Waals surface area contributed by atoms with Crippen LogP contribution in [0.3, 0.4) is 0 Å². The van der Waals surface area contributed by atoms with Gasteiger partial charge in [-0.25, -0.2) is 4.79 Å². The van der Waals surface area contributed by atoms with Crippen LogP contribution >= 0.6 is 0 Å². The fourth-order valence-electron chi connectivity index (χ4n) is 2.99. The molecule has 1 aromatic carbocycles. The molecule has 1 aliphatic heterocycles. The number of piperidine rings is 1. The van der Waals surface area contributed by atoms with Gasteiger partial charge in [0.15, 0.2) is 0 Å². The van der Waals surface area contributed by atoms with E-state index in [0.717, 1.165) is 0 Å². The van der Waals surface area contributed by atoms with Crippen molar-refractivity contribution >= 4 is 23.3 Å². The summed E-state index contributed by atoms with van der Waals surface area (Å²) in [5.41, 5.74) is 0.142. The third-order valence-electron chi connectivity index (χ3n) is 4.05. The van der Waals surface area contributed by atoms with Crippen molar-refractivity contribution in [2.75, 3.05) is 24.6 Å². The van der Waals surface area contributed by atoms with Gasteiger partial charge >= 0.3 is 11.9 Å². The van der Waals surface area contributed by atoms with E-state index in [9.17, 15) is 24.8 Å². The molecule has 1 N–H and O–H groups in total. The van der Waals surface area contributed by atoms with Crippen LogP contribution in [0.25, 0.3) is 0 Å². The molecule has 1 heterocycles. The highest BCUT2D eigenvalue weighted by Gasteiger charge is 2.31. The molecule has 1 aromatic rings. The van der Waals surface area contributed by atoms with E-state index in [1.807, 2.05) is 11.8 Å². The number of nitrogens with zero attached hydrogens (tertiary/aromatic N) is 2. The van der Waals surface area contributed by atoms with Gasteiger partial charge in [0, 0.05) is 24.8 Å². The summed E-state index contributed by atoms with van der Waals surface area (Å²) in [5, 5.41) is 20.4. The minimum absolute atomic E-state index is 0.113. The zero-order chi connectivity index (χ0) is 17.9. The maximum absolute atomic E-state index is 12.0. The van der Waals surface area contributed by atoms with Crippen LogP contribution in [0.5, 0.6) is 0 Å². The fourth-order valence-corrected chi connectivity index (χ4v) is 2.99. The summed E-state index contributed by atoms with van der Waals surface area (Å²) < 4.78 is 4.89. The Hall–Kier alpha value is -2.64. The van der Waals surface area contributed by atoms with Gasteiger partial charge in [0.25, 0.3) is 5.69 Å².